The molecule has 0 unspecified atom stereocenters. The van der Waals surface area contributed by atoms with Crippen LogP contribution in [-0.4, -0.2) is 39.4 Å². The summed E-state index contributed by atoms with van der Waals surface area (Å²) >= 11 is 0. The highest BCUT2D eigenvalue weighted by molar-refractivity contribution is 5.65. The second-order valence-corrected chi connectivity index (χ2v) is 4.16. The largest absolute Gasteiger partial charge is 0.484 e. The van der Waals surface area contributed by atoms with E-state index in [2.05, 4.69) is 10.2 Å². The molecule has 0 radical (unpaired) electrons. The second kappa shape index (κ2) is 4.41. The molecule has 1 aromatic rings. The van der Waals surface area contributed by atoms with Crippen LogP contribution in [0.1, 0.15) is 0 Å². The molecule has 1 N–H and O–H groups in total. The van der Waals surface area contributed by atoms with Gasteiger partial charge in [-0.3, -0.25) is 0 Å². The predicted octanol–water partition coefficient (Wildman–Crippen LogP) is 1.01. The first kappa shape index (κ1) is 10.7. The number of fused-ring (bicyclic) bond motifs is 1. The van der Waals surface area contributed by atoms with E-state index in [1.165, 1.54) is 6.07 Å². The van der Waals surface area contributed by atoms with Crippen molar-refractivity contribution < 1.29 is 13.9 Å². The molecule has 2 aliphatic heterocycles. The number of benzene rings is 1. The molecule has 0 aliphatic carbocycles. The zero-order chi connectivity index (χ0) is 11.7. The van der Waals surface area contributed by atoms with E-state index >= 15 is 0 Å². The Morgan fingerprint density at radius 3 is 2.53 bits per heavy atom. The van der Waals surface area contributed by atoms with Crippen LogP contribution in [-0.2, 0) is 0 Å². The van der Waals surface area contributed by atoms with E-state index in [0.717, 1.165) is 31.9 Å². The first-order valence-corrected chi connectivity index (χ1v) is 5.90. The van der Waals surface area contributed by atoms with Gasteiger partial charge in [-0.25, -0.2) is 4.39 Å². The Bertz CT molecular complexity index is 419. The minimum atomic E-state index is -0.349. The SMILES string of the molecule is Fc1ccc(N2CCNCC2)c2c1OCCO2. The Balaban J connectivity index is 1.98. The molecule has 2 aliphatic rings. The third-order valence-corrected chi connectivity index (χ3v) is 3.08. The highest BCUT2D eigenvalue weighted by atomic mass is 19.1. The lowest BCUT2D eigenvalue weighted by atomic mass is 10.2. The summed E-state index contributed by atoms with van der Waals surface area (Å²) in [6.45, 7) is 4.58. The summed E-state index contributed by atoms with van der Waals surface area (Å²) in [5.74, 6) is 0.462. The van der Waals surface area contributed by atoms with Crippen LogP contribution in [0.4, 0.5) is 10.1 Å². The van der Waals surface area contributed by atoms with Gasteiger partial charge in [0.15, 0.2) is 17.3 Å². The van der Waals surface area contributed by atoms with Gasteiger partial charge in [-0.05, 0) is 12.1 Å². The molecular formula is C12H15FN2O2. The van der Waals surface area contributed by atoms with Crippen molar-refractivity contribution in [2.45, 2.75) is 0 Å². The number of anilines is 1. The average molecular weight is 238 g/mol. The first-order valence-electron chi connectivity index (χ1n) is 5.90. The van der Waals surface area contributed by atoms with Crippen molar-refractivity contribution in [3.63, 3.8) is 0 Å². The van der Waals surface area contributed by atoms with Crippen LogP contribution in [0.2, 0.25) is 0 Å². The third-order valence-electron chi connectivity index (χ3n) is 3.08. The normalized spacial score (nSPS) is 19.2. The molecule has 0 aromatic heterocycles. The van der Waals surface area contributed by atoms with Gasteiger partial charge in [0.2, 0.25) is 0 Å². The summed E-state index contributed by atoms with van der Waals surface area (Å²) < 4.78 is 24.5. The maximum atomic E-state index is 13.6. The Morgan fingerprint density at radius 1 is 1.06 bits per heavy atom. The first-order chi connectivity index (χ1) is 8.36. The van der Waals surface area contributed by atoms with E-state index in [9.17, 15) is 4.39 Å². The Hall–Kier alpha value is -1.49. The summed E-state index contributed by atoms with van der Waals surface area (Å²) in [7, 11) is 0. The number of hydrogen-bond donors (Lipinski definition) is 1. The van der Waals surface area contributed by atoms with E-state index in [1.54, 1.807) is 6.07 Å². The summed E-state index contributed by atoms with van der Waals surface area (Å²) in [5, 5.41) is 3.29. The summed E-state index contributed by atoms with van der Waals surface area (Å²) in [6.07, 6.45) is 0. The Labute approximate surface area is 99.3 Å². The van der Waals surface area contributed by atoms with E-state index in [0.29, 0.717) is 19.0 Å². The van der Waals surface area contributed by atoms with Crippen LogP contribution >= 0.6 is 0 Å². The number of ether oxygens (including phenoxy) is 2. The molecule has 92 valence electrons. The third kappa shape index (κ3) is 1.91. The van der Waals surface area contributed by atoms with Gasteiger partial charge in [0.1, 0.15) is 13.2 Å². The van der Waals surface area contributed by atoms with Crippen LogP contribution in [0.5, 0.6) is 11.5 Å². The quantitative estimate of drug-likeness (QED) is 0.791. The zero-order valence-corrected chi connectivity index (χ0v) is 9.54. The van der Waals surface area contributed by atoms with Gasteiger partial charge in [-0.1, -0.05) is 0 Å². The molecule has 5 heteroatoms. The number of nitrogens with zero attached hydrogens (tertiary/aromatic N) is 1. The van der Waals surface area contributed by atoms with E-state index in [1.807, 2.05) is 0 Å². The lowest BCUT2D eigenvalue weighted by Crippen LogP contribution is -2.43. The van der Waals surface area contributed by atoms with Gasteiger partial charge in [0.25, 0.3) is 0 Å². The maximum absolute atomic E-state index is 13.6. The Kier molecular flexibility index (Phi) is 2.76. The summed E-state index contributed by atoms with van der Waals surface area (Å²) in [5.41, 5.74) is 0.933. The lowest BCUT2D eigenvalue weighted by molar-refractivity contribution is 0.165. The highest BCUT2D eigenvalue weighted by Gasteiger charge is 2.24. The average Bonchev–Trinajstić information content (AvgIpc) is 2.41. The molecular weight excluding hydrogens is 223 g/mol. The molecule has 0 amide bonds. The van der Waals surface area contributed by atoms with E-state index < -0.39 is 0 Å². The maximum Gasteiger partial charge on any atom is 0.199 e. The summed E-state index contributed by atoms with van der Waals surface area (Å²) in [4.78, 5) is 2.20. The van der Waals surface area contributed by atoms with Gasteiger partial charge in [-0.15, -0.1) is 0 Å². The molecule has 3 rings (SSSR count). The van der Waals surface area contributed by atoms with Crippen molar-refractivity contribution in [1.82, 2.24) is 5.32 Å². The summed E-state index contributed by atoms with van der Waals surface area (Å²) in [6, 6.07) is 3.22. The minimum absolute atomic E-state index is 0.257. The van der Waals surface area contributed by atoms with Crippen molar-refractivity contribution in [3.05, 3.63) is 17.9 Å². The number of rotatable bonds is 1. The smallest absolute Gasteiger partial charge is 0.199 e. The van der Waals surface area contributed by atoms with Gasteiger partial charge >= 0.3 is 0 Å². The molecule has 0 saturated carbocycles. The standard InChI is InChI=1S/C12H15FN2O2/c13-9-1-2-10(15-5-3-14-4-6-15)12-11(9)16-7-8-17-12/h1-2,14H,3-8H2. The number of halogens is 1. The number of piperazine rings is 1. The topological polar surface area (TPSA) is 33.7 Å². The van der Waals surface area contributed by atoms with Crippen LogP contribution in [0.25, 0.3) is 0 Å². The number of hydrogen-bond acceptors (Lipinski definition) is 4. The molecule has 1 saturated heterocycles. The molecule has 17 heavy (non-hydrogen) atoms. The fraction of sp³-hybridized carbons (Fsp3) is 0.500. The molecule has 0 atom stereocenters. The minimum Gasteiger partial charge on any atom is -0.484 e. The van der Waals surface area contributed by atoms with Crippen molar-refractivity contribution in [3.8, 4) is 11.5 Å². The van der Waals surface area contributed by atoms with Gasteiger partial charge in [-0.2, -0.15) is 0 Å². The van der Waals surface area contributed by atoms with E-state index in [4.69, 9.17) is 9.47 Å². The van der Waals surface area contributed by atoms with Gasteiger partial charge < -0.3 is 19.7 Å². The van der Waals surface area contributed by atoms with Gasteiger partial charge in [0.05, 0.1) is 5.69 Å². The zero-order valence-electron chi connectivity index (χ0n) is 9.54. The molecule has 0 spiro atoms. The van der Waals surface area contributed by atoms with Crippen molar-refractivity contribution in [2.24, 2.45) is 0 Å². The molecule has 4 nitrogen and oxygen atoms in total. The fourth-order valence-electron chi connectivity index (χ4n) is 2.24. The Morgan fingerprint density at radius 2 is 1.76 bits per heavy atom. The molecule has 1 aromatic carbocycles. The fourth-order valence-corrected chi connectivity index (χ4v) is 2.24. The van der Waals surface area contributed by atoms with Crippen LogP contribution in [0.15, 0.2) is 12.1 Å². The second-order valence-electron chi connectivity index (χ2n) is 4.16. The van der Waals surface area contributed by atoms with Crippen LogP contribution in [0.3, 0.4) is 0 Å². The predicted molar refractivity (Wildman–Crippen MR) is 62.5 cm³/mol. The van der Waals surface area contributed by atoms with Crippen molar-refractivity contribution in [1.29, 1.82) is 0 Å². The number of nitrogens with one attached hydrogen (secondary N) is 1. The lowest BCUT2D eigenvalue weighted by Gasteiger charge is -2.32. The van der Waals surface area contributed by atoms with E-state index in [-0.39, 0.29) is 11.6 Å². The van der Waals surface area contributed by atoms with Crippen LogP contribution < -0.4 is 19.7 Å². The molecule has 2 heterocycles. The molecule has 1 fully saturated rings. The highest BCUT2D eigenvalue weighted by Crippen LogP contribution is 2.41. The molecule has 0 bridgehead atoms. The van der Waals surface area contributed by atoms with Crippen molar-refractivity contribution >= 4 is 5.69 Å². The van der Waals surface area contributed by atoms with Crippen molar-refractivity contribution in [2.75, 3.05) is 44.3 Å². The van der Waals surface area contributed by atoms with Gasteiger partial charge in [0, 0.05) is 26.2 Å². The monoisotopic (exact) mass is 238 g/mol. The van der Waals surface area contributed by atoms with Crippen LogP contribution in [0, 0.1) is 5.82 Å².